The molecule has 0 atom stereocenters. The summed E-state index contributed by atoms with van der Waals surface area (Å²) in [5, 5.41) is 0. The SMILES string of the molecule is COC1CCC(c2ccc(OCc3cc(C)cc(C)c3)cc2)CC1. The lowest BCUT2D eigenvalue weighted by Crippen LogP contribution is -2.19. The van der Waals surface area contributed by atoms with Crippen molar-refractivity contribution >= 4 is 0 Å². The normalized spacial score (nSPS) is 20.8. The van der Waals surface area contributed by atoms with Gasteiger partial charge in [0.1, 0.15) is 12.4 Å². The third-order valence-corrected chi connectivity index (χ3v) is 5.05. The molecule has 1 saturated carbocycles. The average molecular weight is 324 g/mol. The summed E-state index contributed by atoms with van der Waals surface area (Å²) in [7, 11) is 1.83. The third-order valence-electron chi connectivity index (χ3n) is 5.05. The molecule has 0 radical (unpaired) electrons. The van der Waals surface area contributed by atoms with E-state index < -0.39 is 0 Å². The van der Waals surface area contributed by atoms with Gasteiger partial charge in [-0.25, -0.2) is 0 Å². The van der Waals surface area contributed by atoms with Crippen LogP contribution in [-0.4, -0.2) is 13.2 Å². The zero-order valence-corrected chi connectivity index (χ0v) is 15.0. The van der Waals surface area contributed by atoms with Crippen molar-refractivity contribution < 1.29 is 9.47 Å². The van der Waals surface area contributed by atoms with E-state index >= 15 is 0 Å². The van der Waals surface area contributed by atoms with E-state index in [0.717, 1.165) is 5.75 Å². The molecule has 2 heteroatoms. The maximum atomic E-state index is 5.96. The fourth-order valence-electron chi connectivity index (χ4n) is 3.79. The van der Waals surface area contributed by atoms with E-state index in [2.05, 4.69) is 56.3 Å². The minimum Gasteiger partial charge on any atom is -0.489 e. The standard InChI is InChI=1S/C22H28O2/c1-16-12-17(2)14-18(13-16)15-24-22-10-6-20(7-11-22)19-4-8-21(23-3)9-5-19/h6-7,10-14,19,21H,4-5,8-9,15H2,1-3H3. The predicted octanol–water partition coefficient (Wildman–Crippen LogP) is 5.56. The van der Waals surface area contributed by atoms with Crippen LogP contribution in [-0.2, 0) is 11.3 Å². The fraction of sp³-hybridized carbons (Fsp3) is 0.455. The molecule has 0 aliphatic heterocycles. The van der Waals surface area contributed by atoms with Gasteiger partial charge in [-0.2, -0.15) is 0 Å². The molecule has 0 amide bonds. The van der Waals surface area contributed by atoms with Crippen LogP contribution in [0.25, 0.3) is 0 Å². The van der Waals surface area contributed by atoms with Crippen LogP contribution in [0, 0.1) is 13.8 Å². The highest BCUT2D eigenvalue weighted by Crippen LogP contribution is 2.34. The van der Waals surface area contributed by atoms with Gasteiger partial charge in [0.2, 0.25) is 0 Å². The monoisotopic (exact) mass is 324 g/mol. The summed E-state index contributed by atoms with van der Waals surface area (Å²) in [6, 6.07) is 15.3. The van der Waals surface area contributed by atoms with Gasteiger partial charge in [-0.05, 0) is 68.7 Å². The first kappa shape index (κ1) is 17.0. The molecule has 3 rings (SSSR count). The average Bonchev–Trinajstić information content (AvgIpc) is 2.60. The maximum Gasteiger partial charge on any atom is 0.119 e. The highest BCUT2D eigenvalue weighted by molar-refractivity contribution is 5.31. The highest BCUT2D eigenvalue weighted by Gasteiger charge is 2.21. The molecule has 0 heterocycles. The summed E-state index contributed by atoms with van der Waals surface area (Å²) in [5.74, 6) is 1.62. The number of methoxy groups -OCH3 is 1. The quantitative estimate of drug-likeness (QED) is 0.717. The first-order valence-corrected chi connectivity index (χ1v) is 8.97. The topological polar surface area (TPSA) is 18.5 Å². The van der Waals surface area contributed by atoms with Gasteiger partial charge < -0.3 is 9.47 Å². The van der Waals surface area contributed by atoms with Gasteiger partial charge in [0, 0.05) is 7.11 Å². The number of benzene rings is 2. The van der Waals surface area contributed by atoms with E-state index in [0.29, 0.717) is 18.6 Å². The summed E-state index contributed by atoms with van der Waals surface area (Å²) < 4.78 is 11.4. The van der Waals surface area contributed by atoms with Crippen molar-refractivity contribution in [2.75, 3.05) is 7.11 Å². The zero-order valence-electron chi connectivity index (χ0n) is 15.0. The second kappa shape index (κ2) is 7.85. The molecule has 0 unspecified atom stereocenters. The molecule has 0 saturated heterocycles. The van der Waals surface area contributed by atoms with Gasteiger partial charge >= 0.3 is 0 Å². The van der Waals surface area contributed by atoms with Gasteiger partial charge in [0.15, 0.2) is 0 Å². The van der Waals surface area contributed by atoms with Crippen molar-refractivity contribution in [3.05, 3.63) is 64.7 Å². The number of aryl methyl sites for hydroxylation is 2. The number of hydrogen-bond donors (Lipinski definition) is 0. The summed E-state index contributed by atoms with van der Waals surface area (Å²) >= 11 is 0. The van der Waals surface area contributed by atoms with E-state index in [4.69, 9.17) is 9.47 Å². The summed E-state index contributed by atoms with van der Waals surface area (Å²) in [4.78, 5) is 0. The smallest absolute Gasteiger partial charge is 0.119 e. The van der Waals surface area contributed by atoms with Crippen LogP contribution in [0.15, 0.2) is 42.5 Å². The molecular formula is C22H28O2. The number of hydrogen-bond acceptors (Lipinski definition) is 2. The van der Waals surface area contributed by atoms with Gasteiger partial charge in [0.25, 0.3) is 0 Å². The molecule has 0 spiro atoms. The Labute approximate surface area is 145 Å². The Kier molecular flexibility index (Phi) is 5.57. The van der Waals surface area contributed by atoms with Crippen molar-refractivity contribution in [1.82, 2.24) is 0 Å². The number of rotatable bonds is 5. The lowest BCUT2D eigenvalue weighted by molar-refractivity contribution is 0.0658. The van der Waals surface area contributed by atoms with E-state index in [1.54, 1.807) is 0 Å². The Bertz CT molecular complexity index is 632. The van der Waals surface area contributed by atoms with Crippen LogP contribution in [0.2, 0.25) is 0 Å². The summed E-state index contributed by atoms with van der Waals surface area (Å²) in [6.07, 6.45) is 5.25. The molecule has 0 bridgehead atoms. The van der Waals surface area contributed by atoms with Gasteiger partial charge in [-0.3, -0.25) is 0 Å². The zero-order chi connectivity index (χ0) is 16.9. The molecule has 24 heavy (non-hydrogen) atoms. The van der Waals surface area contributed by atoms with Crippen LogP contribution in [0.4, 0.5) is 0 Å². The molecule has 0 N–H and O–H groups in total. The first-order chi connectivity index (χ1) is 11.6. The molecule has 0 aromatic heterocycles. The Hall–Kier alpha value is -1.80. The van der Waals surface area contributed by atoms with Crippen molar-refractivity contribution in [2.45, 2.75) is 58.2 Å². The van der Waals surface area contributed by atoms with Gasteiger partial charge in [0.05, 0.1) is 6.10 Å². The van der Waals surface area contributed by atoms with Crippen LogP contribution >= 0.6 is 0 Å². The molecule has 2 aromatic carbocycles. The Morgan fingerprint density at radius 2 is 1.50 bits per heavy atom. The van der Waals surface area contributed by atoms with E-state index in [1.807, 2.05) is 7.11 Å². The maximum absolute atomic E-state index is 5.96. The second-order valence-electron chi connectivity index (χ2n) is 7.06. The number of ether oxygens (including phenoxy) is 2. The summed E-state index contributed by atoms with van der Waals surface area (Å²) in [5.41, 5.74) is 5.24. The first-order valence-electron chi connectivity index (χ1n) is 8.97. The second-order valence-corrected chi connectivity index (χ2v) is 7.06. The Morgan fingerprint density at radius 3 is 2.08 bits per heavy atom. The van der Waals surface area contributed by atoms with Crippen LogP contribution in [0.5, 0.6) is 5.75 Å². The van der Waals surface area contributed by atoms with Crippen LogP contribution in [0.1, 0.15) is 53.9 Å². The molecule has 2 nitrogen and oxygen atoms in total. The minimum atomic E-state index is 0.460. The van der Waals surface area contributed by atoms with Crippen molar-refractivity contribution in [3.63, 3.8) is 0 Å². The van der Waals surface area contributed by atoms with Crippen LogP contribution < -0.4 is 4.74 Å². The largest absolute Gasteiger partial charge is 0.489 e. The highest BCUT2D eigenvalue weighted by atomic mass is 16.5. The van der Waals surface area contributed by atoms with E-state index in [9.17, 15) is 0 Å². The minimum absolute atomic E-state index is 0.460. The molecule has 1 aliphatic carbocycles. The van der Waals surface area contributed by atoms with Crippen LogP contribution in [0.3, 0.4) is 0 Å². The van der Waals surface area contributed by atoms with Gasteiger partial charge in [-0.1, -0.05) is 41.5 Å². The van der Waals surface area contributed by atoms with Gasteiger partial charge in [-0.15, -0.1) is 0 Å². The molecule has 1 aliphatic rings. The Balaban J connectivity index is 1.56. The third kappa shape index (κ3) is 4.39. The lowest BCUT2D eigenvalue weighted by Gasteiger charge is -2.27. The van der Waals surface area contributed by atoms with E-state index in [1.165, 1.54) is 47.9 Å². The molecular weight excluding hydrogens is 296 g/mol. The van der Waals surface area contributed by atoms with E-state index in [-0.39, 0.29) is 0 Å². The fourth-order valence-corrected chi connectivity index (χ4v) is 3.79. The predicted molar refractivity (Wildman–Crippen MR) is 98.7 cm³/mol. The lowest BCUT2D eigenvalue weighted by atomic mass is 9.83. The molecule has 2 aromatic rings. The van der Waals surface area contributed by atoms with Crippen molar-refractivity contribution in [2.24, 2.45) is 0 Å². The summed E-state index contributed by atoms with van der Waals surface area (Å²) in [6.45, 7) is 4.88. The Morgan fingerprint density at radius 1 is 0.875 bits per heavy atom. The van der Waals surface area contributed by atoms with Crippen molar-refractivity contribution in [1.29, 1.82) is 0 Å². The molecule has 1 fully saturated rings. The molecule has 128 valence electrons. The van der Waals surface area contributed by atoms with Crippen molar-refractivity contribution in [3.8, 4) is 5.75 Å².